The van der Waals surface area contributed by atoms with E-state index in [4.69, 9.17) is 0 Å². The number of sulfone groups is 1. The summed E-state index contributed by atoms with van der Waals surface area (Å²) in [7, 11) is -3.21. The number of fused-ring (bicyclic) bond motifs is 1. The normalized spacial score (nSPS) is 11.8. The van der Waals surface area contributed by atoms with Gasteiger partial charge in [-0.05, 0) is 24.6 Å². The van der Waals surface area contributed by atoms with Crippen LogP contribution < -0.4 is 0 Å². The maximum Gasteiger partial charge on any atom is 0.195 e. The van der Waals surface area contributed by atoms with Gasteiger partial charge in [-0.15, -0.1) is 0 Å². The Kier molecular flexibility index (Phi) is 2.92. The van der Waals surface area contributed by atoms with Crippen molar-refractivity contribution in [1.29, 1.82) is 0 Å². The van der Waals surface area contributed by atoms with Crippen LogP contribution in [0.4, 0.5) is 0 Å². The molecule has 0 amide bonds. The minimum atomic E-state index is -3.21. The number of aromatic nitrogens is 1. The molecule has 1 heterocycles. The zero-order valence-corrected chi connectivity index (χ0v) is 9.87. The second kappa shape index (κ2) is 4.22. The highest BCUT2D eigenvalue weighted by atomic mass is 32.2. The molecular weight excluding hydrogens is 222 g/mol. The molecule has 4 heteroatoms. The Bertz CT molecular complexity index is 605. The smallest absolute Gasteiger partial charge is 0.195 e. The van der Waals surface area contributed by atoms with E-state index in [0.717, 1.165) is 10.9 Å². The second-order valence-electron chi connectivity index (χ2n) is 3.66. The lowest BCUT2D eigenvalue weighted by molar-refractivity contribution is 0.591. The number of nitrogens with zero attached hydrogens (tertiary/aromatic N) is 1. The number of pyridine rings is 1. The number of rotatable bonds is 3. The number of hydrogen-bond donors (Lipinski definition) is 0. The summed E-state index contributed by atoms with van der Waals surface area (Å²) in [5.41, 5.74) is 0.722. The summed E-state index contributed by atoms with van der Waals surface area (Å²) in [5, 5.41) is 1.13. The molecule has 84 valence electrons. The first-order valence-electron chi connectivity index (χ1n) is 5.22. The van der Waals surface area contributed by atoms with E-state index in [0.29, 0.717) is 6.42 Å². The SMILES string of the molecule is CCCS(=O)(=O)c1ccc2ccccc2n1. The summed E-state index contributed by atoms with van der Waals surface area (Å²) >= 11 is 0. The maximum atomic E-state index is 11.8. The molecular formula is C12H13NO2S. The van der Waals surface area contributed by atoms with Crippen LogP contribution in [0.1, 0.15) is 13.3 Å². The van der Waals surface area contributed by atoms with Crippen LogP contribution in [0.5, 0.6) is 0 Å². The van der Waals surface area contributed by atoms with Gasteiger partial charge in [0.15, 0.2) is 14.9 Å². The highest BCUT2D eigenvalue weighted by Crippen LogP contribution is 2.16. The van der Waals surface area contributed by atoms with E-state index in [9.17, 15) is 8.42 Å². The van der Waals surface area contributed by atoms with E-state index >= 15 is 0 Å². The van der Waals surface area contributed by atoms with Crippen LogP contribution in [0.3, 0.4) is 0 Å². The Morgan fingerprint density at radius 3 is 2.62 bits per heavy atom. The van der Waals surface area contributed by atoms with Crippen LogP contribution >= 0.6 is 0 Å². The van der Waals surface area contributed by atoms with Crippen LogP contribution in [0.2, 0.25) is 0 Å². The molecule has 1 aromatic carbocycles. The number of para-hydroxylation sites is 1. The van der Waals surface area contributed by atoms with E-state index in [-0.39, 0.29) is 10.8 Å². The lowest BCUT2D eigenvalue weighted by Crippen LogP contribution is -2.07. The lowest BCUT2D eigenvalue weighted by Gasteiger charge is -2.03. The molecule has 0 atom stereocenters. The minimum absolute atomic E-state index is 0.151. The quantitative estimate of drug-likeness (QED) is 0.820. The third-order valence-corrected chi connectivity index (χ3v) is 4.17. The summed E-state index contributed by atoms with van der Waals surface area (Å²) in [5.74, 6) is 0.151. The fourth-order valence-electron chi connectivity index (χ4n) is 1.59. The van der Waals surface area contributed by atoms with Crippen LogP contribution in [-0.4, -0.2) is 19.2 Å². The van der Waals surface area contributed by atoms with Crippen molar-refractivity contribution in [2.75, 3.05) is 5.75 Å². The molecule has 0 saturated heterocycles. The van der Waals surface area contributed by atoms with Crippen molar-refractivity contribution in [2.45, 2.75) is 18.4 Å². The van der Waals surface area contributed by atoms with Crippen molar-refractivity contribution in [1.82, 2.24) is 4.98 Å². The molecule has 0 spiro atoms. The molecule has 0 aliphatic rings. The van der Waals surface area contributed by atoms with Crippen molar-refractivity contribution in [3.63, 3.8) is 0 Å². The van der Waals surface area contributed by atoms with E-state index < -0.39 is 9.84 Å². The van der Waals surface area contributed by atoms with Gasteiger partial charge in [-0.3, -0.25) is 0 Å². The summed E-state index contributed by atoms with van der Waals surface area (Å²) in [6, 6.07) is 10.9. The van der Waals surface area contributed by atoms with Gasteiger partial charge in [0.25, 0.3) is 0 Å². The maximum absolute atomic E-state index is 11.8. The van der Waals surface area contributed by atoms with Gasteiger partial charge in [0, 0.05) is 5.39 Å². The topological polar surface area (TPSA) is 47.0 Å². The molecule has 0 aliphatic carbocycles. The van der Waals surface area contributed by atoms with Crippen molar-refractivity contribution in [2.24, 2.45) is 0 Å². The average molecular weight is 235 g/mol. The summed E-state index contributed by atoms with van der Waals surface area (Å²) in [6.45, 7) is 1.85. The zero-order valence-electron chi connectivity index (χ0n) is 9.05. The molecule has 0 radical (unpaired) electrons. The largest absolute Gasteiger partial charge is 0.236 e. The van der Waals surface area contributed by atoms with Gasteiger partial charge < -0.3 is 0 Å². The molecule has 1 aromatic heterocycles. The summed E-state index contributed by atoms with van der Waals surface area (Å²) < 4.78 is 23.6. The first-order chi connectivity index (χ1) is 7.63. The van der Waals surface area contributed by atoms with Crippen LogP contribution in [0.15, 0.2) is 41.4 Å². The van der Waals surface area contributed by atoms with Gasteiger partial charge in [-0.1, -0.05) is 25.1 Å². The Hall–Kier alpha value is -1.42. The molecule has 0 bridgehead atoms. The van der Waals surface area contributed by atoms with E-state index in [1.54, 1.807) is 12.1 Å². The lowest BCUT2D eigenvalue weighted by atomic mass is 10.2. The monoisotopic (exact) mass is 235 g/mol. The summed E-state index contributed by atoms with van der Waals surface area (Å²) in [4.78, 5) is 4.18. The highest BCUT2D eigenvalue weighted by molar-refractivity contribution is 7.91. The molecule has 0 N–H and O–H groups in total. The van der Waals surface area contributed by atoms with E-state index in [1.165, 1.54) is 0 Å². The molecule has 16 heavy (non-hydrogen) atoms. The Balaban J connectivity index is 2.55. The summed E-state index contributed by atoms with van der Waals surface area (Å²) in [6.07, 6.45) is 0.608. The van der Waals surface area contributed by atoms with Crippen molar-refractivity contribution >= 4 is 20.7 Å². The average Bonchev–Trinajstić information content (AvgIpc) is 2.28. The van der Waals surface area contributed by atoms with Gasteiger partial charge in [-0.2, -0.15) is 0 Å². The Morgan fingerprint density at radius 1 is 1.12 bits per heavy atom. The number of hydrogen-bond acceptors (Lipinski definition) is 3. The Labute approximate surface area is 95.1 Å². The van der Waals surface area contributed by atoms with Crippen molar-refractivity contribution in [3.8, 4) is 0 Å². The molecule has 2 rings (SSSR count). The van der Waals surface area contributed by atoms with E-state index in [2.05, 4.69) is 4.98 Å². The third-order valence-electron chi connectivity index (χ3n) is 2.36. The Morgan fingerprint density at radius 2 is 1.88 bits per heavy atom. The van der Waals surface area contributed by atoms with Crippen LogP contribution in [-0.2, 0) is 9.84 Å². The molecule has 0 fully saturated rings. The predicted octanol–water partition coefficient (Wildman–Crippen LogP) is 2.42. The van der Waals surface area contributed by atoms with Gasteiger partial charge in [-0.25, -0.2) is 13.4 Å². The predicted molar refractivity (Wildman–Crippen MR) is 64.1 cm³/mol. The fraction of sp³-hybridized carbons (Fsp3) is 0.250. The van der Waals surface area contributed by atoms with Crippen LogP contribution in [0.25, 0.3) is 10.9 Å². The van der Waals surface area contributed by atoms with Crippen LogP contribution in [0, 0.1) is 0 Å². The van der Waals surface area contributed by atoms with Gasteiger partial charge in [0.2, 0.25) is 0 Å². The minimum Gasteiger partial charge on any atom is -0.236 e. The van der Waals surface area contributed by atoms with Crippen molar-refractivity contribution in [3.05, 3.63) is 36.4 Å². The first-order valence-corrected chi connectivity index (χ1v) is 6.87. The van der Waals surface area contributed by atoms with Crippen molar-refractivity contribution < 1.29 is 8.42 Å². The molecule has 0 aliphatic heterocycles. The zero-order chi connectivity index (χ0) is 11.6. The third kappa shape index (κ3) is 2.07. The molecule has 0 unspecified atom stereocenters. The highest BCUT2D eigenvalue weighted by Gasteiger charge is 2.14. The molecule has 2 aromatic rings. The second-order valence-corrected chi connectivity index (χ2v) is 5.72. The fourth-order valence-corrected chi connectivity index (χ4v) is 2.85. The van der Waals surface area contributed by atoms with E-state index in [1.807, 2.05) is 31.2 Å². The standard InChI is InChI=1S/C12H13NO2S/c1-2-9-16(14,15)12-8-7-10-5-3-4-6-11(10)13-12/h3-8H,2,9H2,1H3. The van der Waals surface area contributed by atoms with Gasteiger partial charge in [0.1, 0.15) is 0 Å². The first kappa shape index (κ1) is 11.1. The number of benzene rings is 1. The van der Waals surface area contributed by atoms with Gasteiger partial charge >= 0.3 is 0 Å². The molecule has 0 saturated carbocycles. The molecule has 3 nitrogen and oxygen atoms in total. The van der Waals surface area contributed by atoms with Gasteiger partial charge in [0.05, 0.1) is 11.3 Å².